The molecule has 19 rings (SSSR count). The highest BCUT2D eigenvalue weighted by molar-refractivity contribution is 7.00. The summed E-state index contributed by atoms with van der Waals surface area (Å²) in [4.78, 5) is 5.47. The van der Waals surface area contributed by atoms with Crippen LogP contribution >= 0.6 is 0 Å². The Hall–Kier alpha value is -11.7. The Balaban J connectivity index is 1.05. The van der Waals surface area contributed by atoms with Gasteiger partial charge in [0.2, 0.25) is 0 Å². The summed E-state index contributed by atoms with van der Waals surface area (Å²) in [6, 6.07) is 111. The Bertz CT molecular complexity index is 6600. The topological polar surface area (TPSA) is 15.8 Å². The predicted octanol–water partition coefficient (Wildman–Crippen LogP) is 27.2. The van der Waals surface area contributed by atoms with Gasteiger partial charge in [-0.1, -0.05) is 292 Å². The van der Waals surface area contributed by atoms with E-state index in [2.05, 4.69) is 415 Å². The first kappa shape index (κ1) is 68.8. The lowest BCUT2D eigenvalue weighted by atomic mass is 9.33. The molecule has 0 amide bonds. The van der Waals surface area contributed by atoms with Crippen molar-refractivity contribution in [3.05, 3.63) is 318 Å². The van der Waals surface area contributed by atoms with Crippen LogP contribution in [0.25, 0.3) is 121 Å². The molecule has 0 N–H and O–H groups in total. The van der Waals surface area contributed by atoms with Crippen molar-refractivity contribution in [1.29, 1.82) is 0 Å². The van der Waals surface area contributed by atoms with Crippen molar-refractivity contribution in [1.82, 2.24) is 8.97 Å². The molecule has 2 aliphatic heterocycles. The Morgan fingerprint density at radius 3 is 1.25 bits per heavy atom. The number of hydrogen-bond acceptors (Lipinski definition) is 2. The number of aryl methyl sites for hydroxylation is 1. The molecule has 2 aliphatic rings. The van der Waals surface area contributed by atoms with Crippen molar-refractivity contribution in [2.24, 2.45) is 0 Å². The molecule has 0 saturated carbocycles. The van der Waals surface area contributed by atoms with Crippen LogP contribution in [0.4, 0.5) is 34.1 Å². The lowest BCUT2D eigenvalue weighted by Crippen LogP contribution is -2.61. The number of hydrogen-bond donors (Lipinski definition) is 0. The zero-order valence-electron chi connectivity index (χ0n) is 66.5. The van der Waals surface area contributed by atoms with Crippen molar-refractivity contribution < 1.29 is 0 Å². The molecule has 0 radical (unpaired) electrons. The molecule has 17 aromatic rings. The second kappa shape index (κ2) is 24.7. The molecular weight excluding hydrogens is 1330 g/mol. The van der Waals surface area contributed by atoms with Gasteiger partial charge in [0.1, 0.15) is 0 Å². The molecule has 0 atom stereocenters. The Morgan fingerprint density at radius 1 is 0.255 bits per heavy atom. The molecular formula is C105H95BN4. The molecule has 0 aliphatic carbocycles. The molecule has 0 spiro atoms. The lowest BCUT2D eigenvalue weighted by molar-refractivity contribution is 0.590. The maximum absolute atomic E-state index is 2.76. The molecule has 4 nitrogen and oxygen atoms in total. The van der Waals surface area contributed by atoms with E-state index in [0.717, 1.165) is 67.6 Å². The predicted molar refractivity (Wildman–Crippen MR) is 477 cm³/mol. The zero-order valence-corrected chi connectivity index (χ0v) is 66.5. The van der Waals surface area contributed by atoms with Gasteiger partial charge in [-0.2, -0.15) is 0 Å². The van der Waals surface area contributed by atoms with Gasteiger partial charge in [0.25, 0.3) is 6.71 Å². The van der Waals surface area contributed by atoms with E-state index in [1.54, 1.807) is 0 Å². The normalized spacial score (nSPS) is 13.4. The second-order valence-electron chi connectivity index (χ2n) is 36.7. The molecule has 14 aromatic carbocycles. The number of fused-ring (bicyclic) bond motifs is 17. The fourth-order valence-corrected chi connectivity index (χ4v) is 18.4. The van der Waals surface area contributed by atoms with Crippen LogP contribution in [0.5, 0.6) is 0 Å². The molecule has 0 bridgehead atoms. The van der Waals surface area contributed by atoms with Crippen LogP contribution in [-0.2, 0) is 27.1 Å². The van der Waals surface area contributed by atoms with Crippen molar-refractivity contribution in [3.8, 4) is 39.1 Å². The monoisotopic (exact) mass is 1420 g/mol. The first-order chi connectivity index (χ1) is 52.7. The minimum Gasteiger partial charge on any atom is -0.311 e. The largest absolute Gasteiger partial charge is 0.311 e. The first-order valence-electron chi connectivity index (χ1n) is 39.6. The Kier molecular flexibility index (Phi) is 15.4. The average Bonchev–Trinajstić information content (AvgIpc) is 0.862. The van der Waals surface area contributed by atoms with Crippen LogP contribution < -0.4 is 26.2 Å². The van der Waals surface area contributed by atoms with Gasteiger partial charge >= 0.3 is 0 Å². The van der Waals surface area contributed by atoms with E-state index in [1.165, 1.54) is 137 Å². The number of rotatable bonds is 6. The van der Waals surface area contributed by atoms with Crippen LogP contribution in [-0.4, -0.2) is 15.7 Å². The SMILES string of the molecule is Cc1cc2c3ccccc3c3cc(C(C)(C)C)ccc3c3cc4c(cc3n3c5ccccc5c(c1)c23)N(c1ccccc1-c1ccccc1)c1cc(C(C)(C)C)cc2c1B4c1ccc(-n3c4ccc(C(C)(C)C)cc4c4cc(C(C)(C)C)ccc43)cc1N2c1c(-c2ccccc2)cc(C(C)(C)C)cc1-c1ccccc1. The van der Waals surface area contributed by atoms with Crippen LogP contribution in [0.1, 0.15) is 137 Å². The van der Waals surface area contributed by atoms with E-state index >= 15 is 0 Å². The number of aromatic nitrogens is 2. The van der Waals surface area contributed by atoms with Gasteiger partial charge in [0, 0.05) is 77.4 Å². The summed E-state index contributed by atoms with van der Waals surface area (Å²) in [5.41, 5.74) is 31.5. The van der Waals surface area contributed by atoms with Gasteiger partial charge in [0.05, 0.1) is 39.0 Å². The fraction of sp³-hybridized carbons (Fsp3) is 0.200. The van der Waals surface area contributed by atoms with E-state index in [4.69, 9.17) is 0 Å². The third-order valence-corrected chi connectivity index (χ3v) is 24.2. The fourth-order valence-electron chi connectivity index (χ4n) is 18.4. The maximum Gasteiger partial charge on any atom is 0.252 e. The molecule has 5 heteroatoms. The highest BCUT2D eigenvalue weighted by atomic mass is 15.2. The number of benzene rings is 14. The standard InChI is InChI=1S/C105H95BN4/c1-64-52-85-76-40-27-26-39-75(76)81-54-68(101(2,3)4)44-48-77(81)84-62-88-95(63-93(84)109-90-43-31-29-41-78(90)86(53-64)100(85)109)108(89-42-30-28-38-74(89)65-32-20-17-21-33-65)96-59-72(105(14,15)16)60-97-98(96)106(88)87-49-47-73(107-91-50-45-69(102(5,6)7)55-82(91)83-56-70(103(8,9)10)46-51-92(83)107)61-94(87)110(97)99-79(66-34-22-18-23-35-66)57-71(104(11,12)13)58-80(99)67-36-24-19-25-37-67/h17-63H,1-16H3. The van der Waals surface area contributed by atoms with Crippen molar-refractivity contribution in [2.45, 2.75) is 138 Å². The first-order valence-corrected chi connectivity index (χ1v) is 39.6. The third-order valence-electron chi connectivity index (χ3n) is 24.2. The van der Waals surface area contributed by atoms with Crippen molar-refractivity contribution in [3.63, 3.8) is 0 Å². The van der Waals surface area contributed by atoms with E-state index < -0.39 is 0 Å². The molecule has 5 heterocycles. The Morgan fingerprint density at radius 2 is 0.691 bits per heavy atom. The molecule has 110 heavy (non-hydrogen) atoms. The minimum atomic E-state index is -0.326. The summed E-state index contributed by atoms with van der Waals surface area (Å²) in [6.07, 6.45) is 0. The second-order valence-corrected chi connectivity index (χ2v) is 36.7. The minimum absolute atomic E-state index is 0.0655. The highest BCUT2D eigenvalue weighted by Crippen LogP contribution is 2.55. The van der Waals surface area contributed by atoms with Gasteiger partial charge < -0.3 is 18.8 Å². The van der Waals surface area contributed by atoms with Crippen LogP contribution in [0.3, 0.4) is 0 Å². The smallest absolute Gasteiger partial charge is 0.252 e. The van der Waals surface area contributed by atoms with E-state index in [9.17, 15) is 0 Å². The quantitative estimate of drug-likeness (QED) is 0.154. The average molecular weight is 1420 g/mol. The van der Waals surface area contributed by atoms with Crippen LogP contribution in [0.15, 0.2) is 285 Å². The lowest BCUT2D eigenvalue weighted by Gasteiger charge is -2.46. The van der Waals surface area contributed by atoms with Crippen LogP contribution in [0.2, 0.25) is 0 Å². The Labute approximate surface area is 648 Å². The van der Waals surface area contributed by atoms with Crippen LogP contribution in [0, 0.1) is 6.92 Å². The van der Waals surface area contributed by atoms with Gasteiger partial charge in [-0.25, -0.2) is 0 Å². The number of anilines is 6. The van der Waals surface area contributed by atoms with Crippen molar-refractivity contribution in [2.75, 3.05) is 9.80 Å². The molecule has 0 saturated heterocycles. The summed E-state index contributed by atoms with van der Waals surface area (Å²) in [6.45, 7) is 37.4. The third kappa shape index (κ3) is 10.9. The molecule has 3 aromatic heterocycles. The van der Waals surface area contributed by atoms with E-state index in [1.807, 2.05) is 0 Å². The summed E-state index contributed by atoms with van der Waals surface area (Å²) >= 11 is 0. The summed E-state index contributed by atoms with van der Waals surface area (Å²) in [5.74, 6) is 0. The molecule has 0 unspecified atom stereocenters. The van der Waals surface area contributed by atoms with Gasteiger partial charge in [-0.3, -0.25) is 0 Å². The van der Waals surface area contributed by atoms with Gasteiger partial charge in [0.15, 0.2) is 0 Å². The summed E-state index contributed by atoms with van der Waals surface area (Å²) < 4.78 is 5.24. The maximum atomic E-state index is 2.76. The number of nitrogens with zero attached hydrogens (tertiary/aromatic N) is 4. The van der Waals surface area contributed by atoms with E-state index in [0.29, 0.717) is 0 Å². The summed E-state index contributed by atoms with van der Waals surface area (Å²) in [7, 11) is 0. The van der Waals surface area contributed by atoms with Gasteiger partial charge in [-0.05, 0) is 219 Å². The molecule has 0 fully saturated rings. The molecule has 538 valence electrons. The summed E-state index contributed by atoms with van der Waals surface area (Å²) in [5, 5.41) is 12.3. The van der Waals surface area contributed by atoms with E-state index in [-0.39, 0.29) is 33.8 Å². The number of para-hydroxylation sites is 2. The van der Waals surface area contributed by atoms with Gasteiger partial charge in [-0.15, -0.1) is 0 Å². The van der Waals surface area contributed by atoms with Crippen molar-refractivity contribution >= 4 is 139 Å². The zero-order chi connectivity index (χ0) is 76.0. The highest BCUT2D eigenvalue weighted by Gasteiger charge is 2.46.